The number of aromatic nitrogens is 2. The summed E-state index contributed by atoms with van der Waals surface area (Å²) in [5, 5.41) is 14.4. The molecule has 0 bridgehead atoms. The van der Waals surface area contributed by atoms with E-state index >= 15 is 0 Å². The Hall–Kier alpha value is -2.01. The zero-order chi connectivity index (χ0) is 12.4. The summed E-state index contributed by atoms with van der Waals surface area (Å²) in [6.45, 7) is 1.88. The molecular weight excluding hydrogens is 240 g/mol. The molecule has 0 amide bonds. The van der Waals surface area contributed by atoms with Crippen LogP contribution in [0.25, 0.3) is 0 Å². The average molecular weight is 251 g/mol. The summed E-state index contributed by atoms with van der Waals surface area (Å²) < 4.78 is 5.48. The van der Waals surface area contributed by atoms with E-state index in [2.05, 4.69) is 10.2 Å². The van der Waals surface area contributed by atoms with Gasteiger partial charge in [0.1, 0.15) is 11.6 Å². The van der Waals surface area contributed by atoms with Gasteiger partial charge in [0.05, 0.1) is 5.02 Å². The van der Waals surface area contributed by atoms with Crippen molar-refractivity contribution in [1.82, 2.24) is 10.2 Å². The van der Waals surface area contributed by atoms with Gasteiger partial charge in [-0.25, -0.2) is 0 Å². The van der Waals surface area contributed by atoms with E-state index < -0.39 is 0 Å². The van der Waals surface area contributed by atoms with E-state index in [9.17, 15) is 0 Å². The molecular formula is C11H11ClN4O. The minimum absolute atomic E-state index is 0.0721. The zero-order valence-electron chi connectivity index (χ0n) is 9.12. The van der Waals surface area contributed by atoms with Crippen molar-refractivity contribution in [2.75, 3.05) is 0 Å². The number of nitrogen functional groups attached to an aromatic ring is 1. The van der Waals surface area contributed by atoms with Gasteiger partial charge < -0.3 is 10.5 Å². The number of hydrogen-bond donors (Lipinski definition) is 3. The Bertz CT molecular complexity index is 564. The first kappa shape index (κ1) is 11.5. The van der Waals surface area contributed by atoms with Gasteiger partial charge in [-0.1, -0.05) is 11.6 Å². The first-order valence-electron chi connectivity index (χ1n) is 4.90. The minimum Gasteiger partial charge on any atom is -0.437 e. The van der Waals surface area contributed by atoms with Crippen LogP contribution in [0.15, 0.2) is 24.3 Å². The van der Waals surface area contributed by atoms with E-state index in [1.54, 1.807) is 24.3 Å². The molecule has 0 unspecified atom stereocenters. The molecule has 0 aliphatic heterocycles. The van der Waals surface area contributed by atoms with Crippen molar-refractivity contribution in [3.8, 4) is 11.6 Å². The summed E-state index contributed by atoms with van der Waals surface area (Å²) in [5.74, 6) is 0.942. The number of amidine groups is 1. The number of hydrogen-bond acceptors (Lipinski definition) is 3. The summed E-state index contributed by atoms with van der Waals surface area (Å²) in [5.41, 5.74) is 6.75. The Kier molecular flexibility index (Phi) is 3.01. The first-order chi connectivity index (χ1) is 8.06. The Morgan fingerprint density at radius 1 is 1.47 bits per heavy atom. The van der Waals surface area contributed by atoms with Crippen molar-refractivity contribution in [3.63, 3.8) is 0 Å². The van der Waals surface area contributed by atoms with Gasteiger partial charge in [0.25, 0.3) is 0 Å². The third kappa shape index (κ3) is 2.57. The number of benzene rings is 1. The highest BCUT2D eigenvalue weighted by molar-refractivity contribution is 6.34. The van der Waals surface area contributed by atoms with Crippen LogP contribution in [0.5, 0.6) is 11.6 Å². The summed E-state index contributed by atoms with van der Waals surface area (Å²) >= 11 is 5.97. The molecule has 0 atom stereocenters. The van der Waals surface area contributed by atoms with E-state index in [-0.39, 0.29) is 5.84 Å². The molecule has 0 saturated carbocycles. The molecule has 4 N–H and O–H groups in total. The Morgan fingerprint density at radius 2 is 2.24 bits per heavy atom. The number of halogens is 1. The summed E-state index contributed by atoms with van der Waals surface area (Å²) in [7, 11) is 0. The number of H-pyrrole nitrogens is 1. The van der Waals surface area contributed by atoms with Crippen molar-refractivity contribution >= 4 is 17.4 Å². The fourth-order valence-electron chi connectivity index (χ4n) is 1.34. The fourth-order valence-corrected chi connectivity index (χ4v) is 1.62. The number of nitrogens with two attached hydrogens (primary N) is 1. The molecule has 88 valence electrons. The lowest BCUT2D eigenvalue weighted by Gasteiger charge is -2.05. The number of ether oxygens (including phenoxy) is 1. The van der Waals surface area contributed by atoms with Crippen LogP contribution in [0.1, 0.15) is 11.3 Å². The van der Waals surface area contributed by atoms with Crippen molar-refractivity contribution < 1.29 is 4.74 Å². The smallest absolute Gasteiger partial charge is 0.238 e. The highest BCUT2D eigenvalue weighted by atomic mass is 35.5. The van der Waals surface area contributed by atoms with Gasteiger partial charge >= 0.3 is 0 Å². The standard InChI is InChI=1S/C11H11ClN4O/c1-6-4-10(16-15-6)17-7-2-3-8(11(13)14)9(12)5-7/h2-5H,1H3,(H3,13,14)(H,15,16). The van der Waals surface area contributed by atoms with Gasteiger partial charge in [-0.3, -0.25) is 10.5 Å². The Balaban J connectivity index is 2.23. The van der Waals surface area contributed by atoms with E-state index in [1.807, 2.05) is 6.92 Å². The van der Waals surface area contributed by atoms with Crippen LogP contribution in [0.4, 0.5) is 0 Å². The maximum Gasteiger partial charge on any atom is 0.238 e. The highest BCUT2D eigenvalue weighted by Gasteiger charge is 2.07. The molecule has 1 aromatic carbocycles. The largest absolute Gasteiger partial charge is 0.437 e. The molecule has 0 aliphatic rings. The topological polar surface area (TPSA) is 87.8 Å². The van der Waals surface area contributed by atoms with Crippen LogP contribution >= 0.6 is 11.6 Å². The molecule has 0 radical (unpaired) electrons. The lowest BCUT2D eigenvalue weighted by Crippen LogP contribution is -2.11. The Labute approximate surface area is 103 Å². The van der Waals surface area contributed by atoms with Crippen LogP contribution in [0.3, 0.4) is 0 Å². The third-order valence-electron chi connectivity index (χ3n) is 2.14. The van der Waals surface area contributed by atoms with Gasteiger partial charge in [0, 0.05) is 23.4 Å². The maximum atomic E-state index is 7.31. The lowest BCUT2D eigenvalue weighted by molar-refractivity contribution is 0.461. The number of nitrogens with zero attached hydrogens (tertiary/aromatic N) is 1. The number of aromatic amines is 1. The molecule has 0 spiro atoms. The second-order valence-electron chi connectivity index (χ2n) is 3.55. The second kappa shape index (κ2) is 4.47. The van der Waals surface area contributed by atoms with Crippen LogP contribution < -0.4 is 10.5 Å². The monoisotopic (exact) mass is 250 g/mol. The van der Waals surface area contributed by atoms with E-state index in [1.165, 1.54) is 0 Å². The predicted octanol–water partition coefficient (Wildman–Crippen LogP) is 2.45. The second-order valence-corrected chi connectivity index (χ2v) is 3.95. The van der Waals surface area contributed by atoms with Gasteiger partial charge in [-0.05, 0) is 19.1 Å². The number of rotatable bonds is 3. The average Bonchev–Trinajstić information content (AvgIpc) is 2.63. The van der Waals surface area contributed by atoms with Gasteiger partial charge in [0.15, 0.2) is 0 Å². The van der Waals surface area contributed by atoms with Crippen molar-refractivity contribution in [2.45, 2.75) is 6.92 Å². The molecule has 0 saturated heterocycles. The van der Waals surface area contributed by atoms with E-state index in [4.69, 9.17) is 27.5 Å². The number of nitrogens with one attached hydrogen (secondary N) is 2. The zero-order valence-corrected chi connectivity index (χ0v) is 9.88. The maximum absolute atomic E-state index is 7.31. The van der Waals surface area contributed by atoms with Gasteiger partial charge in [-0.2, -0.15) is 0 Å². The van der Waals surface area contributed by atoms with E-state index in [0.717, 1.165) is 5.69 Å². The van der Waals surface area contributed by atoms with Gasteiger partial charge in [-0.15, -0.1) is 5.10 Å². The van der Waals surface area contributed by atoms with Crippen LogP contribution in [0.2, 0.25) is 5.02 Å². The normalized spacial score (nSPS) is 10.2. The minimum atomic E-state index is -0.0721. The summed E-state index contributed by atoms with van der Waals surface area (Å²) in [6.07, 6.45) is 0. The molecule has 5 nitrogen and oxygen atoms in total. The SMILES string of the molecule is Cc1cc(Oc2ccc(C(=N)N)c(Cl)c2)n[nH]1. The molecule has 2 rings (SSSR count). The molecule has 2 aromatic rings. The highest BCUT2D eigenvalue weighted by Crippen LogP contribution is 2.25. The van der Waals surface area contributed by atoms with Crippen LogP contribution in [0, 0.1) is 12.3 Å². The van der Waals surface area contributed by atoms with E-state index in [0.29, 0.717) is 22.2 Å². The molecule has 0 fully saturated rings. The lowest BCUT2D eigenvalue weighted by atomic mass is 10.2. The summed E-state index contributed by atoms with van der Waals surface area (Å²) in [4.78, 5) is 0. The quantitative estimate of drug-likeness (QED) is 0.577. The molecule has 17 heavy (non-hydrogen) atoms. The van der Waals surface area contributed by atoms with Crippen LogP contribution in [-0.4, -0.2) is 16.0 Å². The molecule has 1 aromatic heterocycles. The molecule has 0 aliphatic carbocycles. The Morgan fingerprint density at radius 3 is 2.76 bits per heavy atom. The van der Waals surface area contributed by atoms with Crippen molar-refractivity contribution in [3.05, 3.63) is 40.5 Å². The van der Waals surface area contributed by atoms with Crippen LogP contribution in [-0.2, 0) is 0 Å². The first-order valence-corrected chi connectivity index (χ1v) is 5.28. The molecule has 1 heterocycles. The van der Waals surface area contributed by atoms with Crippen molar-refractivity contribution in [2.24, 2.45) is 5.73 Å². The third-order valence-corrected chi connectivity index (χ3v) is 2.45. The number of aryl methyl sites for hydroxylation is 1. The predicted molar refractivity (Wildman–Crippen MR) is 65.9 cm³/mol. The fraction of sp³-hybridized carbons (Fsp3) is 0.0909. The van der Waals surface area contributed by atoms with Gasteiger partial charge in [0.2, 0.25) is 5.88 Å². The van der Waals surface area contributed by atoms with Crippen molar-refractivity contribution in [1.29, 1.82) is 5.41 Å². The molecule has 6 heteroatoms. The summed E-state index contributed by atoms with van der Waals surface area (Å²) in [6, 6.07) is 6.70.